The molecular formula is C61H78N14O6. The highest BCUT2D eigenvalue weighted by atomic mass is 16.6. The molecule has 81 heavy (non-hydrogen) atoms. The molecule has 0 spiro atoms. The number of piperidine rings is 2. The van der Waals surface area contributed by atoms with Crippen molar-refractivity contribution in [2.75, 3.05) is 119 Å². The Morgan fingerprint density at radius 3 is 2.12 bits per heavy atom. The molecule has 1 aliphatic carbocycles. The van der Waals surface area contributed by atoms with Crippen LogP contribution in [0.25, 0.3) is 0 Å². The van der Waals surface area contributed by atoms with Gasteiger partial charge in [0, 0.05) is 65.9 Å². The van der Waals surface area contributed by atoms with E-state index in [-0.39, 0.29) is 25.9 Å². The number of nitrogens with one attached hydrogen (secondary N) is 3. The van der Waals surface area contributed by atoms with Crippen molar-refractivity contribution in [2.45, 2.75) is 102 Å². The molecule has 2 unspecified atom stereocenters. The zero-order valence-electron chi connectivity index (χ0n) is 48.2. The summed E-state index contributed by atoms with van der Waals surface area (Å²) in [4.78, 5) is 64.2. The number of amides is 2. The Kier molecular flexibility index (Phi) is 15.0. The molecule has 4 fully saturated rings. The molecule has 3 aromatic heterocycles. The number of aryl methyl sites for hydroxylation is 1. The molecule has 3 N–H and O–H groups in total. The normalized spacial score (nSPS) is 27.2. The lowest BCUT2D eigenvalue weighted by atomic mass is 9.78. The van der Waals surface area contributed by atoms with E-state index in [1.165, 1.54) is 42.4 Å². The zero-order valence-corrected chi connectivity index (χ0v) is 48.2. The van der Waals surface area contributed by atoms with Crippen molar-refractivity contribution < 1.29 is 28.5 Å². The van der Waals surface area contributed by atoms with Crippen LogP contribution in [-0.2, 0) is 29.8 Å². The molecule has 6 atom stereocenters. The molecule has 8 aliphatic rings. The highest BCUT2D eigenvalue weighted by molar-refractivity contribution is 5.89. The Balaban J connectivity index is 0.748. The number of hydrogen-bond donors (Lipinski definition) is 3. The first-order chi connectivity index (χ1) is 39.1. The predicted molar refractivity (Wildman–Crippen MR) is 312 cm³/mol. The van der Waals surface area contributed by atoms with Crippen molar-refractivity contribution in [1.29, 1.82) is 0 Å². The van der Waals surface area contributed by atoms with Gasteiger partial charge in [0.25, 0.3) is 0 Å². The minimum atomic E-state index is -0.606. The maximum absolute atomic E-state index is 13.8. The van der Waals surface area contributed by atoms with Crippen molar-refractivity contribution in [3.63, 3.8) is 0 Å². The first-order valence-corrected chi connectivity index (χ1v) is 29.0. The Hall–Kier alpha value is -7.13. The molecule has 4 saturated heterocycles. The van der Waals surface area contributed by atoms with Gasteiger partial charge < -0.3 is 54.5 Å². The van der Waals surface area contributed by atoms with Crippen LogP contribution in [0, 0.1) is 18.8 Å². The van der Waals surface area contributed by atoms with E-state index < -0.39 is 35.2 Å². The second-order valence-electron chi connectivity index (χ2n) is 24.4. The number of rotatable bonds is 16. The van der Waals surface area contributed by atoms with Crippen molar-refractivity contribution in [1.82, 2.24) is 44.9 Å². The number of anilines is 7. The van der Waals surface area contributed by atoms with Gasteiger partial charge in [-0.25, -0.2) is 24.5 Å². The van der Waals surface area contributed by atoms with Gasteiger partial charge in [-0.1, -0.05) is 50.6 Å². The summed E-state index contributed by atoms with van der Waals surface area (Å²) in [6.45, 7) is 17.7. The van der Waals surface area contributed by atoms with Crippen LogP contribution >= 0.6 is 0 Å². The van der Waals surface area contributed by atoms with Gasteiger partial charge in [0.15, 0.2) is 0 Å². The van der Waals surface area contributed by atoms with Gasteiger partial charge in [0.05, 0.1) is 31.9 Å². The van der Waals surface area contributed by atoms with E-state index in [4.69, 9.17) is 43.9 Å². The SMILES string of the molecule is COC[C@]1(C)CN(C2=CC=CC(N3C(=O)OC[C@@H]3COC[C@]3(C)CN(c4cccc(N5C(=O)OC[C@@H]5C)n4)c4nc(NC5=CC=C(C6CCN(C)CC6)C(C)C5)ncc43)N2)c2nc(Nc3ccc(C4CCN(C)CC4)c(C)c3)ncc21. The first kappa shape index (κ1) is 54.5. The molecule has 20 heteroatoms. The van der Waals surface area contributed by atoms with Crippen LogP contribution in [0.15, 0.2) is 96.3 Å². The summed E-state index contributed by atoms with van der Waals surface area (Å²) in [5.74, 6) is 5.96. The maximum atomic E-state index is 13.8. The van der Waals surface area contributed by atoms with Crippen LogP contribution in [0.4, 0.5) is 50.4 Å². The van der Waals surface area contributed by atoms with E-state index in [0.29, 0.717) is 73.4 Å². The Morgan fingerprint density at radius 1 is 0.765 bits per heavy atom. The van der Waals surface area contributed by atoms with Crippen LogP contribution in [0.2, 0.25) is 0 Å². The van der Waals surface area contributed by atoms with E-state index in [9.17, 15) is 9.59 Å². The lowest BCUT2D eigenvalue weighted by Crippen LogP contribution is -2.53. The highest BCUT2D eigenvalue weighted by Gasteiger charge is 2.47. The zero-order chi connectivity index (χ0) is 56.2. The molecule has 0 saturated carbocycles. The van der Waals surface area contributed by atoms with Crippen LogP contribution in [0.3, 0.4) is 0 Å². The Labute approximate surface area is 475 Å². The number of fused-ring (bicyclic) bond motifs is 2. The topological polar surface area (TPSA) is 191 Å². The Morgan fingerprint density at radius 2 is 1.43 bits per heavy atom. The van der Waals surface area contributed by atoms with E-state index in [2.05, 4.69) is 108 Å². The van der Waals surface area contributed by atoms with Gasteiger partial charge in [-0.3, -0.25) is 9.80 Å². The number of aromatic nitrogens is 5. The molecule has 7 aliphatic heterocycles. The van der Waals surface area contributed by atoms with Crippen molar-refractivity contribution >= 4 is 53.0 Å². The van der Waals surface area contributed by atoms with Crippen LogP contribution < -0.4 is 30.7 Å². The minimum absolute atomic E-state index is 0.164. The minimum Gasteiger partial charge on any atom is -0.447 e. The molecule has 20 nitrogen and oxygen atoms in total. The number of methoxy groups -OCH3 is 1. The van der Waals surface area contributed by atoms with Crippen molar-refractivity contribution in [3.05, 3.63) is 119 Å². The lowest BCUT2D eigenvalue weighted by Gasteiger charge is -2.35. The van der Waals surface area contributed by atoms with Gasteiger partial charge in [0.1, 0.15) is 48.5 Å². The summed E-state index contributed by atoms with van der Waals surface area (Å²) in [5, 5.41) is 10.7. The van der Waals surface area contributed by atoms with Gasteiger partial charge in [-0.2, -0.15) is 9.97 Å². The molecule has 4 aromatic rings. The smallest absolute Gasteiger partial charge is 0.415 e. The molecule has 1 aromatic carbocycles. The number of likely N-dealkylation sites (tertiary alicyclic amines) is 2. The third kappa shape index (κ3) is 10.8. The summed E-state index contributed by atoms with van der Waals surface area (Å²) < 4.78 is 23.7. The van der Waals surface area contributed by atoms with Crippen molar-refractivity contribution in [2.24, 2.45) is 11.8 Å². The molecule has 12 rings (SSSR count). The molecule has 10 heterocycles. The summed E-state index contributed by atoms with van der Waals surface area (Å²) in [6.07, 6.45) is 18.5. The van der Waals surface area contributed by atoms with E-state index in [0.717, 1.165) is 66.8 Å². The fourth-order valence-corrected chi connectivity index (χ4v) is 13.5. The standard InChI is InChI=1S/C61H78N14O6/c1-38-27-43(15-17-46(38)41-19-23-70(6)24-20-41)64-56-62-29-48-54(68-56)72(34-60(48,4)36-78-8)51-12-10-14-53(67-51)75-45(33-81-59(75)77)32-79-37-61(5)35-73(50-11-9-13-52(66-50)74-40(3)31-80-58(74)76)55-49(61)30-63-57(69-55)65-44-16-18-47(39(2)28-44)42-21-25-71(7)26-22-42/h9-18,27,29-30,39-42,45,53,67H,19-26,28,31-37H2,1-8H3,(H,62,64,68)(H,63,65,69)/t39?,40-,45-,53?,60-,61-/m0/s1. The van der Waals surface area contributed by atoms with Crippen molar-refractivity contribution in [3.8, 4) is 0 Å². The second-order valence-corrected chi connectivity index (χ2v) is 24.4. The monoisotopic (exact) mass is 1100 g/mol. The van der Waals surface area contributed by atoms with E-state index in [1.807, 2.05) is 55.7 Å². The molecule has 0 radical (unpaired) electrons. The third-order valence-electron chi connectivity index (χ3n) is 18.0. The summed E-state index contributed by atoms with van der Waals surface area (Å²) >= 11 is 0. The number of allylic oxidation sites excluding steroid dienone is 6. The molecular weight excluding hydrogens is 1020 g/mol. The van der Waals surface area contributed by atoms with E-state index in [1.54, 1.807) is 16.9 Å². The average molecular weight is 1100 g/mol. The number of carbonyl (C=O) groups is 2. The second kappa shape index (κ2) is 22.3. The predicted octanol–water partition coefficient (Wildman–Crippen LogP) is 8.47. The highest BCUT2D eigenvalue weighted by Crippen LogP contribution is 2.46. The van der Waals surface area contributed by atoms with Gasteiger partial charge in [-0.05, 0) is 158 Å². The number of pyridine rings is 1. The number of dihydropyridines is 1. The number of nitrogens with zero attached hydrogens (tertiary/aromatic N) is 11. The lowest BCUT2D eigenvalue weighted by molar-refractivity contribution is 0.0515. The quantitative estimate of drug-likeness (QED) is 0.0967. The van der Waals surface area contributed by atoms with Crippen LogP contribution in [0.1, 0.15) is 88.0 Å². The van der Waals surface area contributed by atoms with Gasteiger partial charge in [0.2, 0.25) is 11.9 Å². The first-order valence-electron chi connectivity index (χ1n) is 29.0. The summed E-state index contributed by atoms with van der Waals surface area (Å²) in [5.41, 5.74) is 7.07. The number of hydrogen-bond acceptors (Lipinski definition) is 18. The van der Waals surface area contributed by atoms with Crippen LogP contribution in [0.5, 0.6) is 0 Å². The Bertz CT molecular complexity index is 3170. The van der Waals surface area contributed by atoms with Gasteiger partial charge >= 0.3 is 12.2 Å². The molecule has 0 bridgehead atoms. The number of benzene rings is 1. The molecule has 428 valence electrons. The largest absolute Gasteiger partial charge is 0.447 e. The number of carbonyl (C=O) groups excluding carboxylic acids is 2. The average Bonchev–Trinajstić information content (AvgIpc) is 4.38. The summed E-state index contributed by atoms with van der Waals surface area (Å²) in [7, 11) is 6.12. The fraction of sp³-hybridized carbons (Fsp3) is 0.525. The third-order valence-corrected chi connectivity index (χ3v) is 18.0. The number of cyclic esters (lactones) is 2. The fourth-order valence-electron chi connectivity index (χ4n) is 13.5. The van der Waals surface area contributed by atoms with Gasteiger partial charge in [-0.15, -0.1) is 0 Å². The number of ether oxygens (including phenoxy) is 4. The molecule has 2 amide bonds. The summed E-state index contributed by atoms with van der Waals surface area (Å²) in [6, 6.07) is 11.7. The maximum Gasteiger partial charge on any atom is 0.415 e. The van der Waals surface area contributed by atoms with Crippen LogP contribution in [-0.4, -0.2) is 164 Å². The van der Waals surface area contributed by atoms with E-state index >= 15 is 0 Å².